The summed E-state index contributed by atoms with van der Waals surface area (Å²) in [7, 11) is 0. The average molecular weight is 394 g/mol. The molecule has 0 atom stereocenters. The van der Waals surface area contributed by atoms with Gasteiger partial charge < -0.3 is 0 Å². The molecule has 0 bridgehead atoms. The second kappa shape index (κ2) is 21.1. The number of ketones is 2. The third kappa shape index (κ3) is 17.4. The maximum Gasteiger partial charge on any atom is 0.147 e. The summed E-state index contributed by atoms with van der Waals surface area (Å²) in [5.41, 5.74) is 0. The molecule has 0 aromatic carbocycles. The van der Waals surface area contributed by atoms with Crippen LogP contribution in [0.1, 0.15) is 149 Å². The Labute approximate surface area is 176 Å². The lowest BCUT2D eigenvalue weighted by molar-refractivity contribution is -0.124. The molecule has 2 heteroatoms. The van der Waals surface area contributed by atoms with Crippen LogP contribution in [-0.2, 0) is 9.59 Å². The van der Waals surface area contributed by atoms with Gasteiger partial charge in [-0.1, -0.05) is 117 Å². The van der Waals surface area contributed by atoms with Gasteiger partial charge in [0.1, 0.15) is 17.5 Å². The van der Waals surface area contributed by atoms with Crippen molar-refractivity contribution >= 4 is 11.6 Å². The molecule has 0 aliphatic carbocycles. The molecule has 1 radical (unpaired) electrons. The van der Waals surface area contributed by atoms with Gasteiger partial charge in [0.15, 0.2) is 0 Å². The molecule has 0 spiro atoms. The van der Waals surface area contributed by atoms with Crippen LogP contribution in [-0.4, -0.2) is 11.6 Å². The molecule has 0 aromatic rings. The minimum absolute atomic E-state index is 0.0869. The molecule has 0 aromatic heterocycles. The molecule has 28 heavy (non-hydrogen) atoms. The molecule has 0 aliphatic heterocycles. The van der Waals surface area contributed by atoms with E-state index in [-0.39, 0.29) is 11.6 Å². The van der Waals surface area contributed by atoms with E-state index in [1.165, 1.54) is 89.9 Å². The van der Waals surface area contributed by atoms with Crippen molar-refractivity contribution in [3.05, 3.63) is 5.92 Å². The molecule has 0 fully saturated rings. The minimum Gasteiger partial charge on any atom is -0.299 e. The summed E-state index contributed by atoms with van der Waals surface area (Å²) in [4.78, 5) is 24.4. The van der Waals surface area contributed by atoms with E-state index in [1.54, 1.807) is 6.92 Å². The van der Waals surface area contributed by atoms with Gasteiger partial charge in [-0.25, -0.2) is 0 Å². The summed E-state index contributed by atoms with van der Waals surface area (Å²) >= 11 is 0. The third-order valence-corrected chi connectivity index (χ3v) is 5.85. The molecule has 2 nitrogen and oxygen atoms in total. The molecule has 0 unspecified atom stereocenters. The van der Waals surface area contributed by atoms with E-state index in [0.29, 0.717) is 18.8 Å². The Morgan fingerprint density at radius 1 is 0.429 bits per heavy atom. The SMILES string of the molecule is CCCCCCCCCCCC(=O)[C](C)C(=O)CCCCCCCCCCC. The highest BCUT2D eigenvalue weighted by atomic mass is 16.1. The second-order valence-electron chi connectivity index (χ2n) is 8.63. The van der Waals surface area contributed by atoms with Crippen LogP contribution in [0.5, 0.6) is 0 Å². The van der Waals surface area contributed by atoms with Gasteiger partial charge in [0.05, 0.1) is 0 Å². The van der Waals surface area contributed by atoms with Gasteiger partial charge in [-0.05, 0) is 19.8 Å². The van der Waals surface area contributed by atoms with Crippen molar-refractivity contribution in [2.24, 2.45) is 0 Å². The third-order valence-electron chi connectivity index (χ3n) is 5.85. The summed E-state index contributed by atoms with van der Waals surface area (Å²) in [5.74, 6) is 0.673. The Balaban J connectivity index is 3.52. The Bertz CT molecular complexity index is 327. The van der Waals surface area contributed by atoms with Crippen LogP contribution in [0.4, 0.5) is 0 Å². The molecule has 0 heterocycles. The van der Waals surface area contributed by atoms with E-state index in [4.69, 9.17) is 0 Å². The summed E-state index contributed by atoms with van der Waals surface area (Å²) in [6.07, 6.45) is 23.7. The number of unbranched alkanes of at least 4 members (excludes halogenated alkanes) is 16. The van der Waals surface area contributed by atoms with Crippen molar-refractivity contribution in [1.29, 1.82) is 0 Å². The van der Waals surface area contributed by atoms with E-state index < -0.39 is 0 Å². The van der Waals surface area contributed by atoms with Crippen LogP contribution < -0.4 is 0 Å². The van der Waals surface area contributed by atoms with Crippen LogP contribution in [0.2, 0.25) is 0 Å². The molecular weight excluding hydrogens is 344 g/mol. The molecule has 0 amide bonds. The lowest BCUT2D eigenvalue weighted by atomic mass is 9.93. The van der Waals surface area contributed by atoms with Gasteiger partial charge >= 0.3 is 0 Å². The normalized spacial score (nSPS) is 11.3. The topological polar surface area (TPSA) is 34.1 Å². The van der Waals surface area contributed by atoms with Crippen LogP contribution in [0.3, 0.4) is 0 Å². The fourth-order valence-electron chi connectivity index (χ4n) is 3.72. The molecule has 0 rings (SSSR count). The molecule has 0 saturated carbocycles. The van der Waals surface area contributed by atoms with Gasteiger partial charge in [-0.2, -0.15) is 0 Å². The van der Waals surface area contributed by atoms with E-state index in [0.717, 1.165) is 25.7 Å². The largest absolute Gasteiger partial charge is 0.299 e. The van der Waals surface area contributed by atoms with Crippen molar-refractivity contribution in [1.82, 2.24) is 0 Å². The predicted molar refractivity (Wildman–Crippen MR) is 123 cm³/mol. The fraction of sp³-hybridized carbons (Fsp3) is 0.885. The summed E-state index contributed by atoms with van der Waals surface area (Å²) in [6, 6.07) is 0. The Hall–Kier alpha value is -0.660. The first-order chi connectivity index (χ1) is 13.6. The highest BCUT2D eigenvalue weighted by Crippen LogP contribution is 2.16. The zero-order valence-corrected chi connectivity index (χ0v) is 19.5. The van der Waals surface area contributed by atoms with Crippen LogP contribution >= 0.6 is 0 Å². The maximum atomic E-state index is 12.2. The number of Topliss-reactive ketones (excluding diaryl/α,β-unsaturated/α-hetero) is 2. The smallest absolute Gasteiger partial charge is 0.147 e. The molecular formula is C26H49O2. The first kappa shape index (κ1) is 27.3. The van der Waals surface area contributed by atoms with Gasteiger partial charge in [-0.15, -0.1) is 0 Å². The first-order valence-electron chi connectivity index (χ1n) is 12.5. The molecule has 0 aliphatic rings. The van der Waals surface area contributed by atoms with Gasteiger partial charge in [0.25, 0.3) is 0 Å². The molecule has 0 N–H and O–H groups in total. The number of carbonyl (C=O) groups is 2. The van der Waals surface area contributed by atoms with E-state index >= 15 is 0 Å². The van der Waals surface area contributed by atoms with E-state index in [9.17, 15) is 9.59 Å². The zero-order valence-electron chi connectivity index (χ0n) is 19.5. The van der Waals surface area contributed by atoms with Crippen molar-refractivity contribution in [3.63, 3.8) is 0 Å². The number of rotatable bonds is 22. The van der Waals surface area contributed by atoms with Crippen molar-refractivity contribution in [2.75, 3.05) is 0 Å². The Morgan fingerprint density at radius 2 is 0.679 bits per heavy atom. The monoisotopic (exact) mass is 393 g/mol. The summed E-state index contributed by atoms with van der Waals surface area (Å²) in [6.45, 7) is 6.24. The van der Waals surface area contributed by atoms with Gasteiger partial charge in [-0.3, -0.25) is 9.59 Å². The summed E-state index contributed by atoms with van der Waals surface area (Å²) in [5, 5.41) is 0. The quantitative estimate of drug-likeness (QED) is 0.136. The van der Waals surface area contributed by atoms with Gasteiger partial charge in [0, 0.05) is 12.8 Å². The highest BCUT2D eigenvalue weighted by Gasteiger charge is 2.20. The predicted octanol–water partition coefficient (Wildman–Crippen LogP) is 8.56. The lowest BCUT2D eigenvalue weighted by Gasteiger charge is -2.09. The maximum absolute atomic E-state index is 12.2. The van der Waals surface area contributed by atoms with E-state index in [2.05, 4.69) is 13.8 Å². The second-order valence-corrected chi connectivity index (χ2v) is 8.63. The van der Waals surface area contributed by atoms with E-state index in [1.807, 2.05) is 0 Å². The number of hydrogen-bond donors (Lipinski definition) is 0. The van der Waals surface area contributed by atoms with Crippen LogP contribution in [0.15, 0.2) is 0 Å². The molecule has 165 valence electrons. The summed E-state index contributed by atoms with van der Waals surface area (Å²) < 4.78 is 0. The Morgan fingerprint density at radius 3 is 0.964 bits per heavy atom. The lowest BCUT2D eigenvalue weighted by Crippen LogP contribution is -2.18. The van der Waals surface area contributed by atoms with Gasteiger partial charge in [0.2, 0.25) is 0 Å². The van der Waals surface area contributed by atoms with Crippen LogP contribution in [0, 0.1) is 5.92 Å². The van der Waals surface area contributed by atoms with Crippen LogP contribution in [0.25, 0.3) is 0 Å². The highest BCUT2D eigenvalue weighted by molar-refractivity contribution is 6.15. The van der Waals surface area contributed by atoms with Crippen molar-refractivity contribution in [3.8, 4) is 0 Å². The minimum atomic E-state index is 0.0869. The number of hydrogen-bond acceptors (Lipinski definition) is 2. The fourth-order valence-corrected chi connectivity index (χ4v) is 3.72. The zero-order chi connectivity index (χ0) is 20.9. The van der Waals surface area contributed by atoms with Crippen molar-refractivity contribution < 1.29 is 9.59 Å². The standard InChI is InChI=1S/C26H49O2/c1-4-6-8-10-12-14-16-18-20-22-25(27)24(3)26(28)23-21-19-17-15-13-11-9-7-5-2/h4-23H2,1-3H3. The first-order valence-corrected chi connectivity index (χ1v) is 12.5. The average Bonchev–Trinajstić information content (AvgIpc) is 2.70. The number of carbonyl (C=O) groups excluding carboxylic acids is 2. The van der Waals surface area contributed by atoms with Crippen molar-refractivity contribution in [2.45, 2.75) is 149 Å². The molecule has 0 saturated heterocycles. The Kier molecular flexibility index (Phi) is 20.6.